The van der Waals surface area contributed by atoms with Crippen LogP contribution in [0.4, 0.5) is 0 Å². The summed E-state index contributed by atoms with van der Waals surface area (Å²) in [6.07, 6.45) is 5.54. The molecule has 3 heteroatoms. The van der Waals surface area contributed by atoms with Crippen LogP contribution in [0.15, 0.2) is 24.5 Å². The molecule has 1 aliphatic heterocycles. The van der Waals surface area contributed by atoms with Gasteiger partial charge < -0.3 is 4.90 Å². The van der Waals surface area contributed by atoms with Gasteiger partial charge in [-0.15, -0.1) is 0 Å². The summed E-state index contributed by atoms with van der Waals surface area (Å²) in [4.78, 5) is 18.8. The minimum absolute atomic E-state index is 0.154. The van der Waals surface area contributed by atoms with Gasteiger partial charge >= 0.3 is 0 Å². The van der Waals surface area contributed by atoms with Gasteiger partial charge in [0.25, 0.3) is 0 Å². The largest absolute Gasteiger partial charge is 0.302 e. The van der Waals surface area contributed by atoms with E-state index in [4.69, 9.17) is 0 Å². The molecule has 1 aliphatic rings. The van der Waals surface area contributed by atoms with Crippen LogP contribution in [-0.2, 0) is 0 Å². The maximum absolute atomic E-state index is 12.4. The van der Waals surface area contributed by atoms with Gasteiger partial charge in [-0.25, -0.2) is 0 Å². The van der Waals surface area contributed by atoms with E-state index in [1.54, 1.807) is 12.4 Å². The summed E-state index contributed by atoms with van der Waals surface area (Å²) in [6.45, 7) is 7.59. The van der Waals surface area contributed by atoms with Crippen LogP contribution in [-0.4, -0.2) is 35.3 Å². The maximum atomic E-state index is 12.4. The van der Waals surface area contributed by atoms with Crippen LogP contribution in [0.1, 0.15) is 37.0 Å². The number of hydrogen-bond acceptors (Lipinski definition) is 3. The predicted molar refractivity (Wildman–Crippen MR) is 72.6 cm³/mol. The van der Waals surface area contributed by atoms with Gasteiger partial charge in [-0.1, -0.05) is 13.8 Å². The van der Waals surface area contributed by atoms with Crippen LogP contribution in [0.25, 0.3) is 0 Å². The zero-order valence-corrected chi connectivity index (χ0v) is 11.3. The average Bonchev–Trinajstić information content (AvgIpc) is 2.38. The average molecular weight is 246 g/mol. The Labute approximate surface area is 109 Å². The van der Waals surface area contributed by atoms with E-state index < -0.39 is 0 Å². The van der Waals surface area contributed by atoms with Gasteiger partial charge in [-0.3, -0.25) is 9.78 Å². The second-order valence-electron chi connectivity index (χ2n) is 5.60. The minimum atomic E-state index is 0.154. The molecule has 1 saturated heterocycles. The Kier molecular flexibility index (Phi) is 4.48. The Bertz CT molecular complexity index is 389. The summed E-state index contributed by atoms with van der Waals surface area (Å²) in [5.74, 6) is 1.08. The van der Waals surface area contributed by atoms with E-state index in [-0.39, 0.29) is 11.7 Å². The molecule has 0 spiro atoms. The Morgan fingerprint density at radius 3 is 3.06 bits per heavy atom. The van der Waals surface area contributed by atoms with E-state index in [9.17, 15) is 4.79 Å². The molecule has 2 heterocycles. The molecule has 0 N–H and O–H groups in total. The van der Waals surface area contributed by atoms with Gasteiger partial charge in [0.05, 0.1) is 0 Å². The van der Waals surface area contributed by atoms with E-state index in [1.165, 1.54) is 0 Å². The third-order valence-electron chi connectivity index (χ3n) is 3.45. The summed E-state index contributed by atoms with van der Waals surface area (Å²) in [7, 11) is 0. The number of piperidine rings is 1. The topological polar surface area (TPSA) is 33.2 Å². The van der Waals surface area contributed by atoms with Crippen molar-refractivity contribution in [1.29, 1.82) is 0 Å². The summed E-state index contributed by atoms with van der Waals surface area (Å²) in [5.41, 5.74) is 0.758. The first-order valence-electron chi connectivity index (χ1n) is 6.83. The predicted octanol–water partition coefficient (Wildman–Crippen LogP) is 2.63. The van der Waals surface area contributed by atoms with E-state index in [2.05, 4.69) is 23.7 Å². The molecular weight excluding hydrogens is 224 g/mol. The van der Waals surface area contributed by atoms with Crippen molar-refractivity contribution in [3.05, 3.63) is 30.1 Å². The number of likely N-dealkylation sites (tertiary alicyclic amines) is 1. The van der Waals surface area contributed by atoms with Crippen molar-refractivity contribution < 1.29 is 4.79 Å². The molecule has 0 radical (unpaired) electrons. The van der Waals surface area contributed by atoms with Gasteiger partial charge in [0, 0.05) is 37.0 Å². The van der Waals surface area contributed by atoms with Crippen molar-refractivity contribution >= 4 is 5.78 Å². The molecule has 2 rings (SSSR count). The van der Waals surface area contributed by atoms with Gasteiger partial charge in [0.2, 0.25) is 0 Å². The van der Waals surface area contributed by atoms with Gasteiger partial charge in [0.15, 0.2) is 5.78 Å². The smallest absolute Gasteiger partial charge is 0.168 e. The normalized spacial score (nSPS) is 21.2. The second-order valence-corrected chi connectivity index (χ2v) is 5.60. The zero-order valence-electron chi connectivity index (χ0n) is 11.3. The van der Waals surface area contributed by atoms with Crippen molar-refractivity contribution in [2.24, 2.45) is 11.8 Å². The van der Waals surface area contributed by atoms with Gasteiger partial charge in [-0.2, -0.15) is 0 Å². The molecule has 0 aliphatic carbocycles. The molecule has 0 bridgehead atoms. The summed E-state index contributed by atoms with van der Waals surface area (Å²) < 4.78 is 0. The fourth-order valence-electron chi connectivity index (χ4n) is 2.70. The van der Waals surface area contributed by atoms with Crippen molar-refractivity contribution in [1.82, 2.24) is 9.88 Å². The minimum Gasteiger partial charge on any atom is -0.302 e. The van der Waals surface area contributed by atoms with Crippen molar-refractivity contribution in [2.45, 2.75) is 26.7 Å². The highest BCUT2D eigenvalue weighted by Gasteiger charge is 2.26. The van der Waals surface area contributed by atoms with Crippen LogP contribution in [0.5, 0.6) is 0 Å². The monoisotopic (exact) mass is 246 g/mol. The number of Topliss-reactive ketones (excluding diaryl/α,β-unsaturated/α-hetero) is 1. The number of nitrogens with zero attached hydrogens (tertiary/aromatic N) is 2. The number of aromatic nitrogens is 1. The molecule has 1 aromatic rings. The number of hydrogen-bond donors (Lipinski definition) is 0. The molecule has 1 aromatic heterocycles. The van der Waals surface area contributed by atoms with Crippen LogP contribution >= 0.6 is 0 Å². The van der Waals surface area contributed by atoms with E-state index in [0.29, 0.717) is 5.92 Å². The number of carbonyl (C=O) groups excluding carboxylic acids is 1. The van der Waals surface area contributed by atoms with Crippen LogP contribution in [0, 0.1) is 11.8 Å². The lowest BCUT2D eigenvalue weighted by molar-refractivity contribution is 0.0806. The summed E-state index contributed by atoms with van der Waals surface area (Å²) >= 11 is 0. The number of rotatable bonds is 4. The van der Waals surface area contributed by atoms with E-state index in [0.717, 1.165) is 38.0 Å². The first-order valence-corrected chi connectivity index (χ1v) is 6.83. The maximum Gasteiger partial charge on any atom is 0.168 e. The highest BCUT2D eigenvalue weighted by molar-refractivity contribution is 5.97. The Morgan fingerprint density at radius 1 is 1.56 bits per heavy atom. The lowest BCUT2D eigenvalue weighted by atomic mass is 9.90. The van der Waals surface area contributed by atoms with Crippen molar-refractivity contribution in [2.75, 3.05) is 19.6 Å². The molecule has 0 saturated carbocycles. The van der Waals surface area contributed by atoms with Crippen LogP contribution in [0.2, 0.25) is 0 Å². The standard InChI is InChI=1S/C15H22N2O/c1-12(2)10-17-8-4-6-14(11-17)15(18)13-5-3-7-16-9-13/h3,5,7,9,12,14H,4,6,8,10-11H2,1-2H3. The van der Waals surface area contributed by atoms with Crippen molar-refractivity contribution in [3.8, 4) is 0 Å². The van der Waals surface area contributed by atoms with Gasteiger partial charge in [-0.05, 0) is 37.4 Å². The lowest BCUT2D eigenvalue weighted by Crippen LogP contribution is -2.40. The second kappa shape index (κ2) is 6.10. The number of pyridine rings is 1. The molecule has 0 amide bonds. The quantitative estimate of drug-likeness (QED) is 0.766. The molecular formula is C15H22N2O. The van der Waals surface area contributed by atoms with E-state index in [1.807, 2.05) is 12.1 Å². The molecule has 3 nitrogen and oxygen atoms in total. The molecule has 98 valence electrons. The Hall–Kier alpha value is -1.22. The third kappa shape index (κ3) is 3.39. The SMILES string of the molecule is CC(C)CN1CCCC(C(=O)c2cccnc2)C1. The fourth-order valence-corrected chi connectivity index (χ4v) is 2.70. The molecule has 1 unspecified atom stereocenters. The van der Waals surface area contributed by atoms with Crippen molar-refractivity contribution in [3.63, 3.8) is 0 Å². The van der Waals surface area contributed by atoms with Crippen LogP contribution < -0.4 is 0 Å². The Morgan fingerprint density at radius 2 is 2.39 bits per heavy atom. The summed E-state index contributed by atoms with van der Waals surface area (Å²) in [6, 6.07) is 3.71. The molecule has 1 fully saturated rings. The Balaban J connectivity index is 1.98. The number of carbonyl (C=O) groups is 1. The highest BCUT2D eigenvalue weighted by Crippen LogP contribution is 2.21. The fraction of sp³-hybridized carbons (Fsp3) is 0.600. The zero-order chi connectivity index (χ0) is 13.0. The van der Waals surface area contributed by atoms with E-state index >= 15 is 0 Å². The molecule has 1 atom stereocenters. The van der Waals surface area contributed by atoms with Gasteiger partial charge in [0.1, 0.15) is 0 Å². The lowest BCUT2D eigenvalue weighted by Gasteiger charge is -2.33. The first kappa shape index (κ1) is 13.2. The molecule has 0 aromatic carbocycles. The molecule has 18 heavy (non-hydrogen) atoms. The third-order valence-corrected chi connectivity index (χ3v) is 3.45. The van der Waals surface area contributed by atoms with Crippen LogP contribution in [0.3, 0.4) is 0 Å². The summed E-state index contributed by atoms with van der Waals surface area (Å²) in [5, 5.41) is 0. The highest BCUT2D eigenvalue weighted by atomic mass is 16.1. The first-order chi connectivity index (χ1) is 8.66. The number of ketones is 1.